The Morgan fingerprint density at radius 2 is 1.82 bits per heavy atom. The van der Waals surface area contributed by atoms with Crippen LogP contribution in [0.1, 0.15) is 51.4 Å². The first-order valence-electron chi connectivity index (χ1n) is 11.6. The third-order valence-electron chi connectivity index (χ3n) is 8.50. The maximum absolute atomic E-state index is 14.1. The molecule has 1 aromatic carbocycles. The summed E-state index contributed by atoms with van der Waals surface area (Å²) in [4.78, 5) is 25.3. The van der Waals surface area contributed by atoms with Gasteiger partial charge in [0.05, 0.1) is 12.0 Å². The van der Waals surface area contributed by atoms with Crippen molar-refractivity contribution in [2.24, 2.45) is 28.9 Å². The van der Waals surface area contributed by atoms with E-state index in [1.807, 2.05) is 0 Å². The monoisotopic (exact) mass is 479 g/mol. The molecular formula is C23H30FN3O5S. The highest BCUT2D eigenvalue weighted by molar-refractivity contribution is 7.89. The fraction of sp³-hybridized carbons (Fsp3) is 0.652. The van der Waals surface area contributed by atoms with E-state index in [1.165, 1.54) is 19.2 Å². The van der Waals surface area contributed by atoms with Gasteiger partial charge in [0.1, 0.15) is 5.54 Å². The second-order valence-electron chi connectivity index (χ2n) is 10.5. The number of nitrogens with two attached hydrogens (primary N) is 1. The molecule has 5 aliphatic rings. The molecule has 33 heavy (non-hydrogen) atoms. The van der Waals surface area contributed by atoms with E-state index >= 15 is 0 Å². The molecular weight excluding hydrogens is 449 g/mol. The summed E-state index contributed by atoms with van der Waals surface area (Å²) >= 11 is 0. The molecule has 5 aliphatic carbocycles. The van der Waals surface area contributed by atoms with Crippen molar-refractivity contribution in [3.8, 4) is 5.75 Å². The van der Waals surface area contributed by atoms with Gasteiger partial charge in [0, 0.05) is 11.5 Å². The predicted octanol–water partition coefficient (Wildman–Crippen LogP) is 1.83. The van der Waals surface area contributed by atoms with E-state index in [2.05, 4.69) is 10.0 Å². The van der Waals surface area contributed by atoms with E-state index in [-0.39, 0.29) is 40.3 Å². The molecule has 2 amide bonds. The summed E-state index contributed by atoms with van der Waals surface area (Å²) < 4.78 is 47.5. The Hall–Kier alpha value is -2.20. The summed E-state index contributed by atoms with van der Waals surface area (Å²) in [6.07, 6.45) is 5.61. The maximum Gasteiger partial charge on any atom is 0.241 e. The zero-order valence-corrected chi connectivity index (χ0v) is 19.4. The Balaban J connectivity index is 1.33. The largest absolute Gasteiger partial charge is 0.494 e. The van der Waals surface area contributed by atoms with Gasteiger partial charge >= 0.3 is 0 Å². The van der Waals surface area contributed by atoms with Crippen LogP contribution in [0.2, 0.25) is 0 Å². The van der Waals surface area contributed by atoms with Crippen molar-refractivity contribution in [1.82, 2.24) is 10.0 Å². The minimum Gasteiger partial charge on any atom is -0.494 e. The van der Waals surface area contributed by atoms with Crippen molar-refractivity contribution in [3.05, 3.63) is 24.0 Å². The van der Waals surface area contributed by atoms with Crippen molar-refractivity contribution in [1.29, 1.82) is 0 Å². The number of hydrogen-bond donors (Lipinski definition) is 3. The van der Waals surface area contributed by atoms with E-state index < -0.39 is 26.8 Å². The van der Waals surface area contributed by atoms with Gasteiger partial charge in [-0.15, -0.1) is 0 Å². The molecule has 0 aromatic heterocycles. The van der Waals surface area contributed by atoms with Crippen LogP contribution in [0.3, 0.4) is 0 Å². The molecule has 4 N–H and O–H groups in total. The topological polar surface area (TPSA) is 128 Å². The van der Waals surface area contributed by atoms with Gasteiger partial charge in [0.25, 0.3) is 0 Å². The molecule has 5 fully saturated rings. The number of hydrogen-bond acceptors (Lipinski definition) is 5. The van der Waals surface area contributed by atoms with E-state index in [0.29, 0.717) is 31.6 Å². The molecule has 0 heterocycles. The normalized spacial score (nSPS) is 33.9. The molecule has 2 atom stereocenters. The van der Waals surface area contributed by atoms with Crippen LogP contribution in [-0.4, -0.2) is 38.9 Å². The number of rotatable bonds is 7. The number of benzene rings is 1. The summed E-state index contributed by atoms with van der Waals surface area (Å²) in [6.45, 7) is 0. The van der Waals surface area contributed by atoms with Crippen LogP contribution in [0.5, 0.6) is 5.75 Å². The van der Waals surface area contributed by atoms with Crippen LogP contribution in [0.4, 0.5) is 4.39 Å². The average Bonchev–Trinajstić information content (AvgIpc) is 2.72. The Kier molecular flexibility index (Phi) is 5.24. The van der Waals surface area contributed by atoms with E-state index in [1.54, 1.807) is 0 Å². The molecule has 2 unspecified atom stereocenters. The first kappa shape index (κ1) is 22.6. The standard InChI is InChI=1S/C23H30FN3O5S/c1-32-18-4-3-16(9-17(18)24)33(30,31)27-23(5-2-6-23)21(29)26-19-14-7-13-8-15(19)12-22(10-13,11-14)20(25)28/h3-4,9,13-15,19,27H,2,5-8,10-12H2,1H3,(H2,25,28)(H,26,29). The van der Waals surface area contributed by atoms with E-state index in [0.717, 1.165) is 31.7 Å². The van der Waals surface area contributed by atoms with Crippen LogP contribution >= 0.6 is 0 Å². The Morgan fingerprint density at radius 1 is 1.15 bits per heavy atom. The van der Waals surface area contributed by atoms with Crippen molar-refractivity contribution in [2.75, 3.05) is 7.11 Å². The Bertz CT molecular complexity index is 1090. The quantitative estimate of drug-likeness (QED) is 0.550. The highest BCUT2D eigenvalue weighted by Crippen LogP contribution is 2.60. The Labute approximate surface area is 192 Å². The summed E-state index contributed by atoms with van der Waals surface area (Å²) in [6, 6.07) is 3.32. The zero-order valence-electron chi connectivity index (χ0n) is 18.6. The molecule has 8 nitrogen and oxygen atoms in total. The number of halogens is 1. The average molecular weight is 480 g/mol. The molecule has 0 aliphatic heterocycles. The smallest absolute Gasteiger partial charge is 0.241 e. The van der Waals surface area contributed by atoms with Gasteiger partial charge in [-0.25, -0.2) is 12.8 Å². The minimum absolute atomic E-state index is 0.0549. The van der Waals surface area contributed by atoms with Crippen LogP contribution in [0.15, 0.2) is 23.1 Å². The molecule has 0 radical (unpaired) electrons. The highest BCUT2D eigenvalue weighted by atomic mass is 32.2. The van der Waals surface area contributed by atoms with Crippen molar-refractivity contribution >= 4 is 21.8 Å². The lowest BCUT2D eigenvalue weighted by atomic mass is 9.47. The zero-order chi connectivity index (χ0) is 23.6. The molecule has 4 bridgehead atoms. The first-order chi connectivity index (χ1) is 15.6. The molecule has 0 spiro atoms. The van der Waals surface area contributed by atoms with Gasteiger partial charge < -0.3 is 15.8 Å². The SMILES string of the molecule is COc1ccc(S(=O)(=O)NC2(C(=O)NC3C4CC5CC3CC(C(N)=O)(C5)C4)CCC2)cc1F. The second kappa shape index (κ2) is 7.66. The number of primary amides is 1. The third kappa shape index (κ3) is 3.62. The van der Waals surface area contributed by atoms with Crippen LogP contribution in [-0.2, 0) is 19.6 Å². The number of carbonyl (C=O) groups is 2. The van der Waals surface area contributed by atoms with Crippen molar-refractivity contribution in [2.45, 2.75) is 67.8 Å². The molecule has 1 aromatic rings. The molecule has 0 saturated heterocycles. The van der Waals surface area contributed by atoms with Crippen LogP contribution in [0.25, 0.3) is 0 Å². The summed E-state index contributed by atoms with van der Waals surface area (Å²) in [7, 11) is -2.82. The van der Waals surface area contributed by atoms with Crippen LogP contribution in [0, 0.1) is 29.0 Å². The van der Waals surface area contributed by atoms with Gasteiger partial charge in [-0.2, -0.15) is 4.72 Å². The van der Waals surface area contributed by atoms with Gasteiger partial charge in [0.2, 0.25) is 21.8 Å². The van der Waals surface area contributed by atoms with E-state index in [4.69, 9.17) is 10.5 Å². The third-order valence-corrected chi connectivity index (χ3v) is 10.0. The second-order valence-corrected chi connectivity index (χ2v) is 12.1. The lowest BCUT2D eigenvalue weighted by molar-refractivity contribution is -0.149. The van der Waals surface area contributed by atoms with Crippen molar-refractivity contribution < 1.29 is 27.1 Å². The minimum atomic E-state index is -4.12. The fourth-order valence-electron chi connectivity index (χ4n) is 6.89. The van der Waals surface area contributed by atoms with Gasteiger partial charge in [0.15, 0.2) is 11.6 Å². The van der Waals surface area contributed by atoms with Crippen molar-refractivity contribution in [3.63, 3.8) is 0 Å². The number of carbonyl (C=O) groups excluding carboxylic acids is 2. The molecule has 5 saturated carbocycles. The van der Waals surface area contributed by atoms with Gasteiger partial charge in [-0.3, -0.25) is 9.59 Å². The van der Waals surface area contributed by atoms with Gasteiger partial charge in [-0.1, -0.05) is 0 Å². The number of amides is 2. The lowest BCUT2D eigenvalue weighted by Crippen LogP contribution is -2.68. The maximum atomic E-state index is 14.1. The van der Waals surface area contributed by atoms with Crippen LogP contribution < -0.4 is 20.5 Å². The number of ether oxygens (including phenoxy) is 1. The first-order valence-corrected chi connectivity index (χ1v) is 13.0. The predicted molar refractivity (Wildman–Crippen MR) is 117 cm³/mol. The highest BCUT2D eigenvalue weighted by Gasteiger charge is 2.59. The fourth-order valence-corrected chi connectivity index (χ4v) is 8.32. The molecule has 10 heteroatoms. The summed E-state index contributed by atoms with van der Waals surface area (Å²) in [5.74, 6) is -0.595. The lowest BCUT2D eigenvalue weighted by Gasteiger charge is -2.59. The molecule has 180 valence electrons. The number of sulfonamides is 1. The molecule has 6 rings (SSSR count). The van der Waals surface area contributed by atoms with E-state index in [9.17, 15) is 22.4 Å². The summed E-state index contributed by atoms with van der Waals surface area (Å²) in [5.41, 5.74) is 4.06. The Morgan fingerprint density at radius 3 is 2.33 bits per heavy atom. The number of methoxy groups -OCH3 is 1. The summed E-state index contributed by atoms with van der Waals surface area (Å²) in [5, 5.41) is 3.15. The number of nitrogens with one attached hydrogen (secondary N) is 2. The van der Waals surface area contributed by atoms with Gasteiger partial charge in [-0.05, 0) is 87.3 Å².